The molecule has 0 radical (unpaired) electrons. The van der Waals surface area contributed by atoms with Crippen LogP contribution in [0.15, 0.2) is 42.5 Å². The Morgan fingerprint density at radius 2 is 1.83 bits per heavy atom. The van der Waals surface area contributed by atoms with Crippen molar-refractivity contribution in [3.05, 3.63) is 53.6 Å². The first-order valence-corrected chi connectivity index (χ1v) is 5.70. The minimum atomic E-state index is 0.579. The standard InChI is InChI=1S/C15H15NO2/c1-11-3-5-13(6-4-11)16-15-8-7-14(18-2)9-12(15)10-17/h3-10,16H,1-2H3. The number of hydrogen-bond acceptors (Lipinski definition) is 3. The fourth-order valence-electron chi connectivity index (χ4n) is 1.67. The molecule has 2 rings (SSSR count). The maximum Gasteiger partial charge on any atom is 0.152 e. The average Bonchev–Trinajstić information content (AvgIpc) is 2.41. The summed E-state index contributed by atoms with van der Waals surface area (Å²) in [4.78, 5) is 11.0. The molecule has 0 atom stereocenters. The SMILES string of the molecule is COc1ccc(Nc2ccc(C)cc2)c(C=O)c1. The lowest BCUT2D eigenvalue weighted by Gasteiger charge is -2.10. The normalized spacial score (nSPS) is 9.89. The fraction of sp³-hybridized carbons (Fsp3) is 0.133. The van der Waals surface area contributed by atoms with Crippen LogP contribution in [0.2, 0.25) is 0 Å². The van der Waals surface area contributed by atoms with Crippen molar-refractivity contribution < 1.29 is 9.53 Å². The monoisotopic (exact) mass is 241 g/mol. The summed E-state index contributed by atoms with van der Waals surface area (Å²) < 4.78 is 5.09. The number of benzene rings is 2. The summed E-state index contributed by atoms with van der Waals surface area (Å²) >= 11 is 0. The molecular weight excluding hydrogens is 226 g/mol. The molecule has 0 saturated carbocycles. The number of hydrogen-bond donors (Lipinski definition) is 1. The molecule has 2 aromatic carbocycles. The molecule has 0 aliphatic heterocycles. The highest BCUT2D eigenvalue weighted by Crippen LogP contribution is 2.24. The van der Waals surface area contributed by atoms with E-state index in [1.807, 2.05) is 43.3 Å². The van der Waals surface area contributed by atoms with E-state index in [2.05, 4.69) is 5.32 Å². The largest absolute Gasteiger partial charge is 0.497 e. The molecule has 0 saturated heterocycles. The van der Waals surface area contributed by atoms with Crippen LogP contribution in [0.25, 0.3) is 0 Å². The number of anilines is 2. The molecule has 0 spiro atoms. The Bertz CT molecular complexity index is 547. The Morgan fingerprint density at radius 3 is 2.44 bits per heavy atom. The average molecular weight is 241 g/mol. The van der Waals surface area contributed by atoms with Gasteiger partial charge in [0.05, 0.1) is 7.11 Å². The molecule has 2 aromatic rings. The molecule has 1 N–H and O–H groups in total. The second-order valence-electron chi connectivity index (χ2n) is 4.06. The predicted molar refractivity (Wildman–Crippen MR) is 72.8 cm³/mol. The van der Waals surface area contributed by atoms with Gasteiger partial charge in [-0.2, -0.15) is 0 Å². The van der Waals surface area contributed by atoms with Gasteiger partial charge < -0.3 is 10.1 Å². The van der Waals surface area contributed by atoms with Gasteiger partial charge in [-0.3, -0.25) is 4.79 Å². The fourth-order valence-corrected chi connectivity index (χ4v) is 1.67. The zero-order chi connectivity index (χ0) is 13.0. The van der Waals surface area contributed by atoms with E-state index in [1.165, 1.54) is 5.56 Å². The number of aldehydes is 1. The van der Waals surface area contributed by atoms with Gasteiger partial charge in [0.15, 0.2) is 6.29 Å². The molecule has 0 heterocycles. The Hall–Kier alpha value is -2.29. The lowest BCUT2D eigenvalue weighted by atomic mass is 10.1. The molecule has 0 amide bonds. The number of carbonyl (C=O) groups is 1. The third kappa shape index (κ3) is 2.69. The van der Waals surface area contributed by atoms with Crippen LogP contribution in [0.3, 0.4) is 0 Å². The van der Waals surface area contributed by atoms with Crippen LogP contribution < -0.4 is 10.1 Å². The molecule has 3 heteroatoms. The van der Waals surface area contributed by atoms with Gasteiger partial charge in [0, 0.05) is 16.9 Å². The Labute approximate surface area is 106 Å². The zero-order valence-corrected chi connectivity index (χ0v) is 10.4. The highest BCUT2D eigenvalue weighted by molar-refractivity contribution is 5.86. The second kappa shape index (κ2) is 5.36. The molecule has 0 aromatic heterocycles. The minimum Gasteiger partial charge on any atom is -0.497 e. The van der Waals surface area contributed by atoms with E-state index in [-0.39, 0.29) is 0 Å². The van der Waals surface area contributed by atoms with Gasteiger partial charge in [0.25, 0.3) is 0 Å². The van der Waals surface area contributed by atoms with Crippen molar-refractivity contribution in [3.63, 3.8) is 0 Å². The van der Waals surface area contributed by atoms with Crippen molar-refractivity contribution in [2.24, 2.45) is 0 Å². The van der Waals surface area contributed by atoms with Crippen molar-refractivity contribution in [2.75, 3.05) is 12.4 Å². The third-order valence-corrected chi connectivity index (χ3v) is 2.72. The van der Waals surface area contributed by atoms with E-state index >= 15 is 0 Å². The van der Waals surface area contributed by atoms with Crippen LogP contribution in [-0.2, 0) is 0 Å². The Morgan fingerprint density at radius 1 is 1.11 bits per heavy atom. The maximum atomic E-state index is 11.0. The number of rotatable bonds is 4. The molecule has 92 valence electrons. The highest BCUT2D eigenvalue weighted by atomic mass is 16.5. The predicted octanol–water partition coefficient (Wildman–Crippen LogP) is 3.56. The molecular formula is C15H15NO2. The topological polar surface area (TPSA) is 38.3 Å². The van der Waals surface area contributed by atoms with Gasteiger partial charge in [-0.1, -0.05) is 17.7 Å². The maximum absolute atomic E-state index is 11.0. The van der Waals surface area contributed by atoms with Crippen molar-refractivity contribution in [2.45, 2.75) is 6.92 Å². The van der Waals surface area contributed by atoms with Crippen molar-refractivity contribution in [3.8, 4) is 5.75 Å². The van der Waals surface area contributed by atoms with Crippen LogP contribution in [0.5, 0.6) is 5.75 Å². The zero-order valence-electron chi connectivity index (χ0n) is 10.4. The molecule has 0 unspecified atom stereocenters. The molecule has 0 aliphatic carbocycles. The molecule has 0 bridgehead atoms. The third-order valence-electron chi connectivity index (χ3n) is 2.72. The molecule has 0 fully saturated rings. The summed E-state index contributed by atoms with van der Waals surface area (Å²) in [5.41, 5.74) is 3.50. The lowest BCUT2D eigenvalue weighted by Crippen LogP contribution is -1.96. The van der Waals surface area contributed by atoms with E-state index in [1.54, 1.807) is 13.2 Å². The van der Waals surface area contributed by atoms with Crippen molar-refractivity contribution in [1.29, 1.82) is 0 Å². The quantitative estimate of drug-likeness (QED) is 0.832. The number of carbonyl (C=O) groups excluding carboxylic acids is 1. The van der Waals surface area contributed by atoms with Gasteiger partial charge >= 0.3 is 0 Å². The Kier molecular flexibility index (Phi) is 3.63. The van der Waals surface area contributed by atoms with Crippen molar-refractivity contribution >= 4 is 17.7 Å². The van der Waals surface area contributed by atoms with E-state index in [9.17, 15) is 4.79 Å². The number of ether oxygens (including phenoxy) is 1. The summed E-state index contributed by atoms with van der Waals surface area (Å²) in [6.45, 7) is 2.04. The number of nitrogens with one attached hydrogen (secondary N) is 1. The van der Waals surface area contributed by atoms with E-state index in [0.717, 1.165) is 17.7 Å². The summed E-state index contributed by atoms with van der Waals surface area (Å²) in [5, 5.41) is 3.22. The van der Waals surface area contributed by atoms with Crippen LogP contribution in [0, 0.1) is 6.92 Å². The Balaban J connectivity index is 2.28. The highest BCUT2D eigenvalue weighted by Gasteiger charge is 2.04. The molecule has 3 nitrogen and oxygen atoms in total. The van der Waals surface area contributed by atoms with E-state index in [0.29, 0.717) is 11.3 Å². The lowest BCUT2D eigenvalue weighted by molar-refractivity contribution is 0.112. The van der Waals surface area contributed by atoms with Gasteiger partial charge in [0.1, 0.15) is 5.75 Å². The molecule has 0 aliphatic rings. The van der Waals surface area contributed by atoms with Gasteiger partial charge in [0.2, 0.25) is 0 Å². The summed E-state index contributed by atoms with van der Waals surface area (Å²) in [5.74, 6) is 0.673. The summed E-state index contributed by atoms with van der Waals surface area (Å²) in [6.07, 6.45) is 0.818. The smallest absolute Gasteiger partial charge is 0.152 e. The van der Waals surface area contributed by atoms with Crippen LogP contribution in [-0.4, -0.2) is 13.4 Å². The first-order valence-electron chi connectivity index (χ1n) is 5.70. The van der Waals surface area contributed by atoms with Crippen LogP contribution >= 0.6 is 0 Å². The number of methoxy groups -OCH3 is 1. The summed E-state index contributed by atoms with van der Waals surface area (Å²) in [7, 11) is 1.58. The van der Waals surface area contributed by atoms with E-state index in [4.69, 9.17) is 4.74 Å². The van der Waals surface area contributed by atoms with Gasteiger partial charge in [-0.15, -0.1) is 0 Å². The van der Waals surface area contributed by atoms with Crippen LogP contribution in [0.4, 0.5) is 11.4 Å². The van der Waals surface area contributed by atoms with Crippen molar-refractivity contribution in [1.82, 2.24) is 0 Å². The first kappa shape index (κ1) is 12.2. The van der Waals surface area contributed by atoms with E-state index < -0.39 is 0 Å². The van der Waals surface area contributed by atoms with Gasteiger partial charge in [-0.25, -0.2) is 0 Å². The molecule has 18 heavy (non-hydrogen) atoms. The minimum absolute atomic E-state index is 0.579. The number of aryl methyl sites for hydroxylation is 1. The van der Waals surface area contributed by atoms with Gasteiger partial charge in [-0.05, 0) is 37.3 Å². The first-order chi connectivity index (χ1) is 8.72. The van der Waals surface area contributed by atoms with Crippen LogP contribution in [0.1, 0.15) is 15.9 Å². The second-order valence-corrected chi connectivity index (χ2v) is 4.06. The summed E-state index contributed by atoms with van der Waals surface area (Å²) in [6, 6.07) is 13.4.